The summed E-state index contributed by atoms with van der Waals surface area (Å²) in [5.41, 5.74) is 5.43. The zero-order valence-electron chi connectivity index (χ0n) is 15.2. The highest BCUT2D eigenvalue weighted by Gasteiger charge is 2.23. The number of fused-ring (bicyclic) bond motifs is 1. The summed E-state index contributed by atoms with van der Waals surface area (Å²) < 4.78 is 10.7. The van der Waals surface area contributed by atoms with Crippen molar-refractivity contribution in [1.82, 2.24) is 4.90 Å². The van der Waals surface area contributed by atoms with Gasteiger partial charge in [0.2, 0.25) is 0 Å². The van der Waals surface area contributed by atoms with Crippen LogP contribution >= 0.6 is 0 Å². The van der Waals surface area contributed by atoms with Crippen LogP contribution in [-0.2, 0) is 13.0 Å². The molecule has 0 atom stereocenters. The molecule has 1 aliphatic heterocycles. The molecule has 0 radical (unpaired) electrons. The third-order valence-electron chi connectivity index (χ3n) is 4.85. The number of hydrogen-bond acceptors (Lipinski definition) is 3. The molecule has 5 heteroatoms. The number of carbonyl (C=O) groups excluding carboxylic acids is 1. The van der Waals surface area contributed by atoms with Crippen LogP contribution in [-0.4, -0.2) is 31.7 Å². The van der Waals surface area contributed by atoms with Gasteiger partial charge in [0.05, 0.1) is 14.2 Å². The van der Waals surface area contributed by atoms with Crippen molar-refractivity contribution in [3.63, 3.8) is 0 Å². The van der Waals surface area contributed by atoms with E-state index in [1.165, 1.54) is 11.1 Å². The Balaban J connectivity index is 1.78. The number of nitrogens with one attached hydrogen (secondary N) is 1. The number of methoxy groups -OCH3 is 2. The average Bonchev–Trinajstić information content (AvgIpc) is 2.63. The van der Waals surface area contributed by atoms with E-state index in [1.54, 1.807) is 14.2 Å². The van der Waals surface area contributed by atoms with E-state index in [0.717, 1.165) is 29.0 Å². The van der Waals surface area contributed by atoms with Crippen LogP contribution in [0.1, 0.15) is 22.3 Å². The third-order valence-corrected chi connectivity index (χ3v) is 4.85. The van der Waals surface area contributed by atoms with E-state index in [2.05, 4.69) is 5.32 Å². The average molecular weight is 340 g/mol. The Labute approximate surface area is 148 Å². The molecule has 132 valence electrons. The van der Waals surface area contributed by atoms with Crippen molar-refractivity contribution >= 4 is 11.7 Å². The number of nitrogens with zero attached hydrogens (tertiary/aromatic N) is 1. The smallest absolute Gasteiger partial charge is 0.322 e. The van der Waals surface area contributed by atoms with Crippen molar-refractivity contribution in [2.75, 3.05) is 26.1 Å². The largest absolute Gasteiger partial charge is 0.493 e. The van der Waals surface area contributed by atoms with Gasteiger partial charge in [0.1, 0.15) is 0 Å². The Kier molecular flexibility index (Phi) is 4.83. The molecule has 0 aliphatic carbocycles. The third kappa shape index (κ3) is 3.40. The zero-order valence-corrected chi connectivity index (χ0v) is 15.2. The molecule has 1 aliphatic rings. The van der Waals surface area contributed by atoms with Gasteiger partial charge in [-0.05, 0) is 60.7 Å². The molecule has 2 aromatic rings. The lowest BCUT2D eigenvalue weighted by Crippen LogP contribution is -2.39. The summed E-state index contributed by atoms with van der Waals surface area (Å²) in [6.45, 7) is 5.31. The molecule has 0 fully saturated rings. The lowest BCUT2D eigenvalue weighted by molar-refractivity contribution is 0.206. The Hall–Kier alpha value is -2.69. The van der Waals surface area contributed by atoms with Gasteiger partial charge in [0.25, 0.3) is 0 Å². The Morgan fingerprint density at radius 1 is 1.08 bits per heavy atom. The molecule has 1 N–H and O–H groups in total. The molecule has 0 unspecified atom stereocenters. The number of rotatable bonds is 3. The summed E-state index contributed by atoms with van der Waals surface area (Å²) in [4.78, 5) is 14.5. The number of hydrogen-bond donors (Lipinski definition) is 1. The number of ether oxygens (including phenoxy) is 2. The van der Waals surface area contributed by atoms with E-state index >= 15 is 0 Å². The summed E-state index contributed by atoms with van der Waals surface area (Å²) in [7, 11) is 3.26. The number of aryl methyl sites for hydroxylation is 1. The second kappa shape index (κ2) is 7.05. The van der Waals surface area contributed by atoms with Gasteiger partial charge in [-0.25, -0.2) is 4.79 Å². The second-order valence-corrected chi connectivity index (χ2v) is 6.33. The van der Waals surface area contributed by atoms with Gasteiger partial charge in [-0.3, -0.25) is 0 Å². The zero-order chi connectivity index (χ0) is 18.0. The van der Waals surface area contributed by atoms with Crippen LogP contribution < -0.4 is 14.8 Å². The van der Waals surface area contributed by atoms with Crippen molar-refractivity contribution < 1.29 is 14.3 Å². The summed E-state index contributed by atoms with van der Waals surface area (Å²) in [6.07, 6.45) is 0.801. The minimum absolute atomic E-state index is 0.0749. The lowest BCUT2D eigenvalue weighted by Gasteiger charge is -2.30. The highest BCUT2D eigenvalue weighted by atomic mass is 16.5. The van der Waals surface area contributed by atoms with Crippen LogP contribution in [0.2, 0.25) is 0 Å². The Bertz CT molecular complexity index is 802. The normalized spacial score (nSPS) is 13.2. The molecule has 25 heavy (non-hydrogen) atoms. The first-order chi connectivity index (χ1) is 12.0. The molecule has 5 nitrogen and oxygen atoms in total. The Morgan fingerprint density at radius 3 is 2.44 bits per heavy atom. The van der Waals surface area contributed by atoms with E-state index in [1.807, 2.05) is 49.1 Å². The number of amides is 2. The van der Waals surface area contributed by atoms with Crippen LogP contribution in [0.5, 0.6) is 11.5 Å². The molecule has 2 aromatic carbocycles. The fourth-order valence-corrected chi connectivity index (χ4v) is 3.14. The van der Waals surface area contributed by atoms with E-state index in [4.69, 9.17) is 9.47 Å². The number of benzene rings is 2. The minimum Gasteiger partial charge on any atom is -0.493 e. The lowest BCUT2D eigenvalue weighted by atomic mass is 9.99. The highest BCUT2D eigenvalue weighted by Crippen LogP contribution is 2.33. The predicted octanol–water partition coefficient (Wildman–Crippen LogP) is 3.91. The maximum atomic E-state index is 12.7. The second-order valence-electron chi connectivity index (χ2n) is 6.33. The van der Waals surface area contributed by atoms with Crippen LogP contribution in [0.3, 0.4) is 0 Å². The topological polar surface area (TPSA) is 50.8 Å². The standard InChI is InChI=1S/C20H24N2O3/c1-13-6-5-7-17(14(13)2)21-20(23)22-9-8-15-10-18(24-3)19(25-4)11-16(15)12-22/h5-7,10-11H,8-9,12H2,1-4H3,(H,21,23). The highest BCUT2D eigenvalue weighted by molar-refractivity contribution is 5.90. The molecule has 0 bridgehead atoms. The van der Waals surface area contributed by atoms with Crippen LogP contribution in [0.25, 0.3) is 0 Å². The molecular weight excluding hydrogens is 316 g/mol. The van der Waals surface area contributed by atoms with Gasteiger partial charge in [-0.1, -0.05) is 12.1 Å². The first kappa shape index (κ1) is 17.1. The molecule has 2 amide bonds. The summed E-state index contributed by atoms with van der Waals surface area (Å²) >= 11 is 0. The van der Waals surface area contributed by atoms with E-state index in [-0.39, 0.29) is 6.03 Å². The van der Waals surface area contributed by atoms with Crippen molar-refractivity contribution in [1.29, 1.82) is 0 Å². The van der Waals surface area contributed by atoms with Crippen molar-refractivity contribution in [2.24, 2.45) is 0 Å². The van der Waals surface area contributed by atoms with Crippen LogP contribution in [0.15, 0.2) is 30.3 Å². The molecule has 0 spiro atoms. The predicted molar refractivity (Wildman–Crippen MR) is 98.6 cm³/mol. The number of anilines is 1. The Morgan fingerprint density at radius 2 is 1.76 bits per heavy atom. The molecular formula is C20H24N2O3. The fourth-order valence-electron chi connectivity index (χ4n) is 3.14. The van der Waals surface area contributed by atoms with Gasteiger partial charge >= 0.3 is 6.03 Å². The van der Waals surface area contributed by atoms with Gasteiger partial charge in [0.15, 0.2) is 11.5 Å². The number of carbonyl (C=O) groups is 1. The molecule has 1 heterocycles. The first-order valence-electron chi connectivity index (χ1n) is 8.39. The van der Waals surface area contributed by atoms with Crippen LogP contribution in [0.4, 0.5) is 10.5 Å². The maximum absolute atomic E-state index is 12.7. The maximum Gasteiger partial charge on any atom is 0.322 e. The van der Waals surface area contributed by atoms with Crippen molar-refractivity contribution in [2.45, 2.75) is 26.8 Å². The summed E-state index contributed by atoms with van der Waals surface area (Å²) in [5, 5.41) is 3.03. The van der Waals surface area contributed by atoms with Crippen LogP contribution in [0, 0.1) is 13.8 Å². The first-order valence-corrected chi connectivity index (χ1v) is 8.39. The van der Waals surface area contributed by atoms with E-state index < -0.39 is 0 Å². The van der Waals surface area contributed by atoms with Gasteiger partial charge in [-0.2, -0.15) is 0 Å². The fraction of sp³-hybridized carbons (Fsp3) is 0.350. The van der Waals surface area contributed by atoms with Gasteiger partial charge in [-0.15, -0.1) is 0 Å². The van der Waals surface area contributed by atoms with Gasteiger partial charge in [0, 0.05) is 18.8 Å². The monoisotopic (exact) mass is 340 g/mol. The quantitative estimate of drug-likeness (QED) is 0.921. The molecule has 0 saturated heterocycles. The van der Waals surface area contributed by atoms with E-state index in [0.29, 0.717) is 18.8 Å². The van der Waals surface area contributed by atoms with Crippen molar-refractivity contribution in [3.8, 4) is 11.5 Å². The summed E-state index contributed by atoms with van der Waals surface area (Å²) in [6, 6.07) is 9.84. The molecule has 0 aromatic heterocycles. The SMILES string of the molecule is COc1cc2c(cc1OC)CN(C(=O)Nc1cccc(C)c1C)CC2. The molecule has 0 saturated carbocycles. The van der Waals surface area contributed by atoms with E-state index in [9.17, 15) is 4.79 Å². The minimum atomic E-state index is -0.0749. The summed E-state index contributed by atoms with van der Waals surface area (Å²) in [5.74, 6) is 1.42. The van der Waals surface area contributed by atoms with Crippen molar-refractivity contribution in [3.05, 3.63) is 52.6 Å². The van der Waals surface area contributed by atoms with Gasteiger partial charge < -0.3 is 19.7 Å². The molecule has 3 rings (SSSR count). The number of urea groups is 1.